The summed E-state index contributed by atoms with van der Waals surface area (Å²) in [7, 11) is 0. The van der Waals surface area contributed by atoms with Gasteiger partial charge in [0.15, 0.2) is 11.5 Å². The van der Waals surface area contributed by atoms with E-state index in [2.05, 4.69) is 35.2 Å². The number of anilines is 2. The second-order valence-electron chi connectivity index (χ2n) is 6.95. The summed E-state index contributed by atoms with van der Waals surface area (Å²) in [6.45, 7) is 4.22. The monoisotopic (exact) mass is 502 g/mol. The molecule has 0 amide bonds. The molecule has 0 bridgehead atoms. The highest BCUT2D eigenvalue weighted by Crippen LogP contribution is 2.29. The summed E-state index contributed by atoms with van der Waals surface area (Å²) in [6.07, 6.45) is -1.39. The van der Waals surface area contributed by atoms with Gasteiger partial charge < -0.3 is 21.0 Å². The Hall–Kier alpha value is -4.55. The quantitative estimate of drug-likeness (QED) is 0.208. The van der Waals surface area contributed by atoms with Gasteiger partial charge in [0, 0.05) is 5.69 Å². The number of fused-ring (bicyclic) bond motifs is 2. The number of nitrogen functional groups attached to an aromatic ring is 1. The molecule has 0 saturated carbocycles. The zero-order valence-electron chi connectivity index (χ0n) is 19.2. The number of halogens is 4. The maximum atomic E-state index is 13.7. The van der Waals surface area contributed by atoms with Gasteiger partial charge in [-0.2, -0.15) is 13.2 Å². The predicted molar refractivity (Wildman–Crippen MR) is 129 cm³/mol. The molecular formula is C23H22F4N8O. The molecular weight excluding hydrogens is 480 g/mol. The number of hydrogen-bond donors (Lipinski definition) is 4. The molecule has 0 saturated heterocycles. The van der Waals surface area contributed by atoms with Gasteiger partial charge in [-0.3, -0.25) is 4.79 Å². The highest BCUT2D eigenvalue weighted by molar-refractivity contribution is 5.82. The first-order valence-electron chi connectivity index (χ1n) is 10.7. The standard InChI is InChI=1S/C14H10FN7O.C7H6F3N.C2H6/c15-7-2-1-3-8-10(7)14(23)22-9(21-8)4-16-12-11-13(18-5-17-11)20-6-19-12;8-7(9,10)5-2-1-3-6(11)4-5;1-2/h1-3,5-6H,4H2,(H,21,22,23)(H2,16,17,18,19,20);1-4H,11H2;1-2H3. The van der Waals surface area contributed by atoms with Gasteiger partial charge in [0.1, 0.15) is 28.9 Å². The molecule has 0 aliphatic rings. The average Bonchev–Trinajstić information content (AvgIpc) is 3.33. The molecule has 0 fully saturated rings. The van der Waals surface area contributed by atoms with Crippen molar-refractivity contribution in [2.75, 3.05) is 11.1 Å². The van der Waals surface area contributed by atoms with Crippen LogP contribution >= 0.6 is 0 Å². The minimum atomic E-state index is -4.30. The summed E-state index contributed by atoms with van der Waals surface area (Å²) < 4.78 is 49.4. The number of aromatic nitrogens is 6. The van der Waals surface area contributed by atoms with Crippen molar-refractivity contribution in [1.82, 2.24) is 29.9 Å². The third kappa shape index (κ3) is 6.11. The van der Waals surface area contributed by atoms with Crippen LogP contribution in [0.5, 0.6) is 0 Å². The lowest BCUT2D eigenvalue weighted by molar-refractivity contribution is -0.137. The Morgan fingerprint density at radius 1 is 1.06 bits per heavy atom. The van der Waals surface area contributed by atoms with Gasteiger partial charge in [-0.1, -0.05) is 26.0 Å². The van der Waals surface area contributed by atoms with Gasteiger partial charge in [-0.05, 0) is 30.3 Å². The third-order valence-electron chi connectivity index (χ3n) is 4.59. The smallest absolute Gasteiger partial charge is 0.399 e. The highest BCUT2D eigenvalue weighted by atomic mass is 19.4. The average molecular weight is 502 g/mol. The number of alkyl halides is 3. The summed E-state index contributed by atoms with van der Waals surface area (Å²) in [5.41, 5.74) is 5.55. The van der Waals surface area contributed by atoms with Crippen molar-refractivity contribution in [1.29, 1.82) is 0 Å². The molecule has 5 rings (SSSR count). The first-order valence-corrected chi connectivity index (χ1v) is 10.7. The lowest BCUT2D eigenvalue weighted by Gasteiger charge is -2.06. The molecule has 36 heavy (non-hydrogen) atoms. The number of nitrogens with zero attached hydrogens (tertiary/aromatic N) is 4. The van der Waals surface area contributed by atoms with E-state index in [1.54, 1.807) is 6.07 Å². The van der Waals surface area contributed by atoms with Crippen molar-refractivity contribution >= 4 is 33.6 Å². The fraction of sp³-hybridized carbons (Fsp3) is 0.174. The number of nitrogens with one attached hydrogen (secondary N) is 3. The number of hydrogen-bond acceptors (Lipinski definition) is 7. The maximum Gasteiger partial charge on any atom is 0.416 e. The fourth-order valence-electron chi connectivity index (χ4n) is 3.06. The van der Waals surface area contributed by atoms with Gasteiger partial charge >= 0.3 is 6.18 Å². The van der Waals surface area contributed by atoms with Crippen LogP contribution in [0.1, 0.15) is 25.2 Å². The lowest BCUT2D eigenvalue weighted by atomic mass is 10.2. The Morgan fingerprint density at radius 2 is 1.81 bits per heavy atom. The van der Waals surface area contributed by atoms with Crippen LogP contribution in [0, 0.1) is 5.82 Å². The molecule has 0 aliphatic heterocycles. The molecule has 2 aromatic carbocycles. The predicted octanol–water partition coefficient (Wildman–Crippen LogP) is 4.65. The second-order valence-corrected chi connectivity index (χ2v) is 6.95. The van der Waals surface area contributed by atoms with E-state index < -0.39 is 23.1 Å². The van der Waals surface area contributed by atoms with Gasteiger partial charge in [0.25, 0.3) is 5.56 Å². The zero-order valence-corrected chi connectivity index (χ0v) is 19.2. The SMILES string of the molecule is CC.Nc1cccc(C(F)(F)F)c1.O=c1[nH]c(CNc2ncnc3nc[nH]c23)nc2cccc(F)c12. The lowest BCUT2D eigenvalue weighted by Crippen LogP contribution is -2.16. The van der Waals surface area contributed by atoms with Crippen molar-refractivity contribution in [2.24, 2.45) is 0 Å². The second kappa shape index (κ2) is 11.3. The minimum Gasteiger partial charge on any atom is -0.399 e. The molecule has 5 aromatic rings. The van der Waals surface area contributed by atoms with Gasteiger partial charge in [0.2, 0.25) is 0 Å². The summed E-state index contributed by atoms with van der Waals surface area (Å²) in [4.78, 5) is 33.9. The number of aromatic amines is 2. The molecule has 0 atom stereocenters. The number of H-pyrrole nitrogens is 2. The molecule has 3 aromatic heterocycles. The molecule has 0 spiro atoms. The van der Waals surface area contributed by atoms with E-state index in [0.29, 0.717) is 28.3 Å². The summed E-state index contributed by atoms with van der Waals surface area (Å²) in [5.74, 6) is 0.319. The topological polar surface area (TPSA) is 138 Å². The van der Waals surface area contributed by atoms with Gasteiger partial charge in [0.05, 0.1) is 24.0 Å². The number of nitrogens with two attached hydrogens (primary N) is 1. The van der Waals surface area contributed by atoms with Crippen LogP contribution in [0.15, 0.2) is 59.9 Å². The molecule has 0 radical (unpaired) electrons. The number of imidazole rings is 1. The normalized spacial score (nSPS) is 10.8. The molecule has 0 aliphatic carbocycles. The van der Waals surface area contributed by atoms with E-state index in [4.69, 9.17) is 5.73 Å². The molecule has 3 heterocycles. The van der Waals surface area contributed by atoms with Gasteiger partial charge in [-0.15, -0.1) is 0 Å². The Kier molecular flexibility index (Phi) is 8.14. The van der Waals surface area contributed by atoms with E-state index in [1.165, 1.54) is 36.9 Å². The minimum absolute atomic E-state index is 0.0470. The summed E-state index contributed by atoms with van der Waals surface area (Å²) >= 11 is 0. The third-order valence-corrected chi connectivity index (χ3v) is 4.59. The summed E-state index contributed by atoms with van der Waals surface area (Å²) in [6, 6.07) is 8.91. The summed E-state index contributed by atoms with van der Waals surface area (Å²) in [5, 5.41) is 3.00. The molecule has 5 N–H and O–H groups in total. The van der Waals surface area contributed by atoms with E-state index >= 15 is 0 Å². The molecule has 0 unspecified atom stereocenters. The highest BCUT2D eigenvalue weighted by Gasteiger charge is 2.30. The first-order chi connectivity index (χ1) is 17.2. The Balaban J connectivity index is 0.000000235. The maximum absolute atomic E-state index is 13.7. The van der Waals surface area contributed by atoms with E-state index in [-0.39, 0.29) is 17.6 Å². The van der Waals surface area contributed by atoms with Gasteiger partial charge in [-0.25, -0.2) is 24.3 Å². The van der Waals surface area contributed by atoms with Crippen LogP contribution in [0.2, 0.25) is 0 Å². The van der Waals surface area contributed by atoms with Crippen molar-refractivity contribution in [2.45, 2.75) is 26.6 Å². The van der Waals surface area contributed by atoms with Crippen molar-refractivity contribution in [3.63, 3.8) is 0 Å². The van der Waals surface area contributed by atoms with Crippen LogP contribution in [0.3, 0.4) is 0 Å². The van der Waals surface area contributed by atoms with Crippen molar-refractivity contribution in [3.8, 4) is 0 Å². The fourth-order valence-corrected chi connectivity index (χ4v) is 3.06. The van der Waals surface area contributed by atoms with E-state index in [1.807, 2.05) is 13.8 Å². The molecule has 9 nitrogen and oxygen atoms in total. The van der Waals surface area contributed by atoms with Crippen LogP contribution in [0.25, 0.3) is 22.1 Å². The van der Waals surface area contributed by atoms with Crippen LogP contribution < -0.4 is 16.6 Å². The van der Waals surface area contributed by atoms with E-state index in [0.717, 1.165) is 12.1 Å². The van der Waals surface area contributed by atoms with Crippen LogP contribution in [-0.4, -0.2) is 29.9 Å². The van der Waals surface area contributed by atoms with Crippen LogP contribution in [0.4, 0.5) is 29.1 Å². The van der Waals surface area contributed by atoms with E-state index in [9.17, 15) is 22.4 Å². The largest absolute Gasteiger partial charge is 0.416 e. The van der Waals surface area contributed by atoms with Crippen LogP contribution in [-0.2, 0) is 12.7 Å². The zero-order chi connectivity index (χ0) is 26.3. The molecule has 188 valence electrons. The Bertz CT molecular complexity index is 1510. The Morgan fingerprint density at radius 3 is 2.50 bits per heavy atom. The Labute approximate surface area is 201 Å². The van der Waals surface area contributed by atoms with Crippen molar-refractivity contribution in [3.05, 3.63) is 82.7 Å². The van der Waals surface area contributed by atoms with Crippen molar-refractivity contribution < 1.29 is 17.6 Å². The first kappa shape index (κ1) is 26.1. The molecule has 13 heteroatoms. The number of benzene rings is 2. The number of rotatable bonds is 3.